The van der Waals surface area contributed by atoms with Crippen molar-refractivity contribution in [1.29, 1.82) is 0 Å². The number of nitrogens with zero attached hydrogens (tertiary/aromatic N) is 1. The van der Waals surface area contributed by atoms with Gasteiger partial charge in [0.15, 0.2) is 0 Å². The number of amides is 3. The van der Waals surface area contributed by atoms with Crippen LogP contribution in [0.25, 0.3) is 0 Å². The number of halogens is 1. The first kappa shape index (κ1) is 18.8. The van der Waals surface area contributed by atoms with E-state index in [1.165, 1.54) is 18.4 Å². The SMILES string of the molecule is O=C(CNC(=O)NC[C@H]1CCN(c2ccc(F)cc2)C1)NCc1ccco1. The van der Waals surface area contributed by atoms with E-state index in [1.54, 1.807) is 24.3 Å². The van der Waals surface area contributed by atoms with E-state index in [2.05, 4.69) is 20.9 Å². The topological polar surface area (TPSA) is 86.6 Å². The van der Waals surface area contributed by atoms with Gasteiger partial charge in [0, 0.05) is 25.3 Å². The summed E-state index contributed by atoms with van der Waals surface area (Å²) in [4.78, 5) is 25.7. The Bertz CT molecular complexity index is 749. The number of anilines is 1. The molecule has 8 heteroatoms. The molecule has 7 nitrogen and oxygen atoms in total. The zero-order valence-electron chi connectivity index (χ0n) is 14.9. The van der Waals surface area contributed by atoms with E-state index in [0.717, 1.165) is 25.2 Å². The fourth-order valence-electron chi connectivity index (χ4n) is 3.01. The van der Waals surface area contributed by atoms with E-state index < -0.39 is 0 Å². The van der Waals surface area contributed by atoms with Crippen LogP contribution in [-0.4, -0.2) is 38.1 Å². The van der Waals surface area contributed by atoms with Gasteiger partial charge in [-0.1, -0.05) is 0 Å². The highest BCUT2D eigenvalue weighted by Crippen LogP contribution is 2.23. The predicted octanol–water partition coefficient (Wildman–Crippen LogP) is 1.86. The molecular weight excluding hydrogens is 351 g/mol. The van der Waals surface area contributed by atoms with Crippen LogP contribution in [0.4, 0.5) is 14.9 Å². The van der Waals surface area contributed by atoms with Crippen molar-refractivity contribution in [2.75, 3.05) is 31.1 Å². The van der Waals surface area contributed by atoms with Gasteiger partial charge in [0.1, 0.15) is 11.6 Å². The molecule has 3 rings (SSSR count). The van der Waals surface area contributed by atoms with E-state index in [1.807, 2.05) is 0 Å². The van der Waals surface area contributed by atoms with Crippen LogP contribution < -0.4 is 20.9 Å². The average Bonchev–Trinajstić information content (AvgIpc) is 3.35. The Morgan fingerprint density at radius 2 is 1.96 bits per heavy atom. The number of hydrogen-bond acceptors (Lipinski definition) is 4. The first-order valence-corrected chi connectivity index (χ1v) is 8.91. The number of carbonyl (C=O) groups is 2. The highest BCUT2D eigenvalue weighted by molar-refractivity contribution is 5.83. The molecule has 1 fully saturated rings. The molecule has 1 aromatic heterocycles. The maximum atomic E-state index is 13.0. The lowest BCUT2D eigenvalue weighted by molar-refractivity contribution is -0.120. The number of carbonyl (C=O) groups excluding carboxylic acids is 2. The average molecular weight is 374 g/mol. The van der Waals surface area contributed by atoms with Crippen LogP contribution in [0.2, 0.25) is 0 Å². The number of benzene rings is 1. The molecule has 1 aromatic carbocycles. The summed E-state index contributed by atoms with van der Waals surface area (Å²) in [5.74, 6) is 0.430. The molecule has 144 valence electrons. The van der Waals surface area contributed by atoms with Gasteiger partial charge in [0.05, 0.1) is 19.4 Å². The highest BCUT2D eigenvalue weighted by Gasteiger charge is 2.23. The molecule has 2 heterocycles. The first-order valence-electron chi connectivity index (χ1n) is 8.91. The van der Waals surface area contributed by atoms with E-state index in [9.17, 15) is 14.0 Å². The van der Waals surface area contributed by atoms with E-state index in [-0.39, 0.29) is 30.8 Å². The van der Waals surface area contributed by atoms with Crippen LogP contribution in [-0.2, 0) is 11.3 Å². The standard InChI is InChI=1S/C19H23FN4O3/c20-15-3-5-16(6-4-15)24-8-7-14(13-24)10-22-19(26)23-12-18(25)21-11-17-2-1-9-27-17/h1-6,9,14H,7-8,10-13H2,(H,21,25)(H2,22,23,26)/t14-/m1/s1. The van der Waals surface area contributed by atoms with Gasteiger partial charge in [-0.2, -0.15) is 0 Å². The van der Waals surface area contributed by atoms with Crippen molar-refractivity contribution in [3.63, 3.8) is 0 Å². The molecule has 3 amide bonds. The molecule has 3 N–H and O–H groups in total. The summed E-state index contributed by atoms with van der Waals surface area (Å²) in [6.45, 7) is 2.39. The normalized spacial score (nSPS) is 16.2. The lowest BCUT2D eigenvalue weighted by Gasteiger charge is -2.19. The van der Waals surface area contributed by atoms with Crippen molar-refractivity contribution in [2.24, 2.45) is 5.92 Å². The third kappa shape index (κ3) is 5.73. The minimum absolute atomic E-state index is 0.0983. The van der Waals surface area contributed by atoms with E-state index in [0.29, 0.717) is 18.2 Å². The third-order valence-corrected chi connectivity index (χ3v) is 4.48. The van der Waals surface area contributed by atoms with Crippen LogP contribution in [0.3, 0.4) is 0 Å². The van der Waals surface area contributed by atoms with E-state index >= 15 is 0 Å². The predicted molar refractivity (Wildman–Crippen MR) is 98.7 cm³/mol. The number of nitrogens with one attached hydrogen (secondary N) is 3. The van der Waals surface area contributed by atoms with Crippen LogP contribution in [0.5, 0.6) is 0 Å². The van der Waals surface area contributed by atoms with Crippen molar-refractivity contribution in [3.8, 4) is 0 Å². The second-order valence-electron chi connectivity index (χ2n) is 6.50. The summed E-state index contributed by atoms with van der Waals surface area (Å²) in [5.41, 5.74) is 0.983. The second-order valence-corrected chi connectivity index (χ2v) is 6.50. The van der Waals surface area contributed by atoms with Gasteiger partial charge in [0.2, 0.25) is 5.91 Å². The maximum absolute atomic E-state index is 13.0. The van der Waals surface area contributed by atoms with Crippen LogP contribution >= 0.6 is 0 Å². The fraction of sp³-hybridized carbons (Fsp3) is 0.368. The van der Waals surface area contributed by atoms with Crippen LogP contribution in [0.1, 0.15) is 12.2 Å². The molecule has 0 saturated carbocycles. The van der Waals surface area contributed by atoms with Gasteiger partial charge in [0.25, 0.3) is 0 Å². The Morgan fingerprint density at radius 1 is 1.15 bits per heavy atom. The van der Waals surface area contributed by atoms with Crippen molar-refractivity contribution >= 4 is 17.6 Å². The smallest absolute Gasteiger partial charge is 0.315 e. The Balaban J connectivity index is 1.31. The number of urea groups is 1. The molecule has 0 bridgehead atoms. The first-order chi connectivity index (χ1) is 13.1. The quantitative estimate of drug-likeness (QED) is 0.690. The van der Waals surface area contributed by atoms with Crippen LogP contribution in [0.15, 0.2) is 47.1 Å². The zero-order valence-corrected chi connectivity index (χ0v) is 14.9. The molecule has 0 spiro atoms. The minimum atomic E-state index is -0.372. The second kappa shape index (κ2) is 9.07. The van der Waals surface area contributed by atoms with E-state index in [4.69, 9.17) is 4.42 Å². The monoisotopic (exact) mass is 374 g/mol. The largest absolute Gasteiger partial charge is 0.467 e. The van der Waals surface area contributed by atoms with Gasteiger partial charge >= 0.3 is 6.03 Å². The van der Waals surface area contributed by atoms with Gasteiger partial charge in [-0.25, -0.2) is 9.18 Å². The molecule has 0 aliphatic carbocycles. The Labute approximate surface area is 156 Å². The molecule has 27 heavy (non-hydrogen) atoms. The summed E-state index contributed by atoms with van der Waals surface area (Å²) in [6, 6.07) is 9.56. The summed E-state index contributed by atoms with van der Waals surface area (Å²) in [5, 5.41) is 7.99. The number of hydrogen-bond donors (Lipinski definition) is 3. The van der Waals surface area contributed by atoms with Gasteiger partial charge in [-0.05, 0) is 48.7 Å². The van der Waals surface area contributed by atoms with Crippen molar-refractivity contribution < 1.29 is 18.4 Å². The van der Waals surface area contributed by atoms with Gasteiger partial charge in [-0.15, -0.1) is 0 Å². The van der Waals surface area contributed by atoms with Crippen LogP contribution in [0, 0.1) is 11.7 Å². The summed E-state index contributed by atoms with van der Waals surface area (Å²) >= 11 is 0. The number of rotatable bonds is 7. The highest BCUT2D eigenvalue weighted by atomic mass is 19.1. The molecule has 2 aromatic rings. The summed E-state index contributed by atoms with van der Waals surface area (Å²) < 4.78 is 18.1. The Morgan fingerprint density at radius 3 is 2.70 bits per heavy atom. The lowest BCUT2D eigenvalue weighted by atomic mass is 10.1. The molecule has 0 radical (unpaired) electrons. The minimum Gasteiger partial charge on any atom is -0.467 e. The molecular formula is C19H23FN4O3. The van der Waals surface area contributed by atoms with Crippen molar-refractivity contribution in [1.82, 2.24) is 16.0 Å². The Hall–Kier alpha value is -3.03. The van der Waals surface area contributed by atoms with Crippen molar-refractivity contribution in [3.05, 3.63) is 54.2 Å². The lowest BCUT2D eigenvalue weighted by Crippen LogP contribution is -2.43. The molecule has 1 saturated heterocycles. The summed E-state index contributed by atoms with van der Waals surface area (Å²) in [7, 11) is 0. The number of furan rings is 1. The fourth-order valence-corrected chi connectivity index (χ4v) is 3.01. The molecule has 1 aliphatic heterocycles. The Kier molecular flexibility index (Phi) is 6.30. The summed E-state index contributed by atoms with van der Waals surface area (Å²) in [6.07, 6.45) is 2.48. The zero-order chi connectivity index (χ0) is 19.1. The van der Waals surface area contributed by atoms with Gasteiger partial charge < -0.3 is 25.3 Å². The van der Waals surface area contributed by atoms with Gasteiger partial charge in [-0.3, -0.25) is 4.79 Å². The molecule has 1 atom stereocenters. The molecule has 1 aliphatic rings. The third-order valence-electron chi connectivity index (χ3n) is 4.48. The molecule has 0 unspecified atom stereocenters. The van der Waals surface area contributed by atoms with Crippen molar-refractivity contribution in [2.45, 2.75) is 13.0 Å². The maximum Gasteiger partial charge on any atom is 0.315 e.